The van der Waals surface area contributed by atoms with Gasteiger partial charge in [0.1, 0.15) is 18.2 Å². The van der Waals surface area contributed by atoms with E-state index in [0.717, 1.165) is 28.2 Å². The Labute approximate surface area is 188 Å². The number of fused-ring (bicyclic) bond motifs is 4. The second-order valence-corrected chi connectivity index (χ2v) is 8.48. The van der Waals surface area contributed by atoms with Gasteiger partial charge in [0, 0.05) is 15.6 Å². The Morgan fingerprint density at radius 2 is 1.48 bits per heavy atom. The quantitative estimate of drug-likeness (QED) is 0.376. The Kier molecular flexibility index (Phi) is 4.33. The Bertz CT molecular complexity index is 1300. The van der Waals surface area contributed by atoms with Gasteiger partial charge < -0.3 is 4.74 Å². The number of halogens is 2. The molecule has 4 aromatic rings. The summed E-state index contributed by atoms with van der Waals surface area (Å²) in [4.78, 5) is 9.33. The number of aliphatic imine (C=N–C) groups is 1. The molecular formula is C24H16Cl2N4O. The van der Waals surface area contributed by atoms with Crippen molar-refractivity contribution in [2.45, 2.75) is 12.1 Å². The summed E-state index contributed by atoms with van der Waals surface area (Å²) in [7, 11) is 0. The van der Waals surface area contributed by atoms with E-state index in [2.05, 4.69) is 10.1 Å². The van der Waals surface area contributed by atoms with Crippen LogP contribution >= 0.6 is 23.2 Å². The number of nitrogens with zero attached hydrogens (tertiary/aromatic N) is 4. The van der Waals surface area contributed by atoms with Crippen molar-refractivity contribution >= 4 is 34.9 Å². The number of aromatic nitrogens is 3. The van der Waals surface area contributed by atoms with Gasteiger partial charge >= 0.3 is 0 Å². The highest BCUT2D eigenvalue weighted by Crippen LogP contribution is 2.49. The fraction of sp³-hybridized carbons (Fsp3) is 0.125. The molecule has 3 unspecified atom stereocenters. The summed E-state index contributed by atoms with van der Waals surface area (Å²) in [6.45, 7) is 0. The van der Waals surface area contributed by atoms with Crippen molar-refractivity contribution in [1.29, 1.82) is 0 Å². The standard InChI is InChI=1S/C24H16Cl2N4O/c25-16-9-5-14(6-10-16)22-20-21(29-24-27-13-28-30(22)24)18-3-1-2-4-19(18)31-23(20)15-7-11-17(26)12-8-15/h1-13,20,22-23H. The predicted octanol–water partition coefficient (Wildman–Crippen LogP) is 6.06. The van der Waals surface area contributed by atoms with Crippen LogP contribution in [0.3, 0.4) is 0 Å². The van der Waals surface area contributed by atoms with E-state index < -0.39 is 0 Å². The summed E-state index contributed by atoms with van der Waals surface area (Å²) in [5, 5.41) is 5.89. The molecule has 1 aromatic heterocycles. The molecule has 152 valence electrons. The number of hydrogen-bond donors (Lipinski definition) is 0. The molecule has 0 bridgehead atoms. The zero-order valence-electron chi connectivity index (χ0n) is 16.2. The molecule has 0 aliphatic carbocycles. The van der Waals surface area contributed by atoms with Gasteiger partial charge in [-0.1, -0.05) is 59.6 Å². The summed E-state index contributed by atoms with van der Waals surface area (Å²) < 4.78 is 8.46. The Hall–Kier alpha value is -3.15. The van der Waals surface area contributed by atoms with Crippen LogP contribution in [0.15, 0.2) is 84.1 Å². The lowest BCUT2D eigenvalue weighted by Gasteiger charge is -2.41. The molecule has 2 aliphatic rings. The van der Waals surface area contributed by atoms with Crippen molar-refractivity contribution < 1.29 is 4.74 Å². The van der Waals surface area contributed by atoms with Crippen molar-refractivity contribution in [1.82, 2.24) is 14.8 Å². The first-order valence-corrected chi connectivity index (χ1v) is 10.7. The lowest BCUT2D eigenvalue weighted by atomic mass is 9.77. The molecule has 5 nitrogen and oxygen atoms in total. The summed E-state index contributed by atoms with van der Waals surface area (Å²) in [6, 6.07) is 23.5. The molecule has 2 aliphatic heterocycles. The van der Waals surface area contributed by atoms with Crippen molar-refractivity contribution in [2.75, 3.05) is 0 Å². The second kappa shape index (κ2) is 7.22. The molecule has 3 atom stereocenters. The molecule has 0 radical (unpaired) electrons. The monoisotopic (exact) mass is 446 g/mol. The van der Waals surface area contributed by atoms with Gasteiger partial charge in [0.05, 0.1) is 17.7 Å². The van der Waals surface area contributed by atoms with E-state index in [0.29, 0.717) is 16.0 Å². The highest BCUT2D eigenvalue weighted by atomic mass is 35.5. The van der Waals surface area contributed by atoms with Gasteiger partial charge in [0.25, 0.3) is 0 Å². The molecule has 3 aromatic carbocycles. The fourth-order valence-electron chi connectivity index (χ4n) is 4.48. The van der Waals surface area contributed by atoms with Gasteiger partial charge in [-0.15, -0.1) is 0 Å². The molecule has 0 saturated carbocycles. The Morgan fingerprint density at radius 3 is 2.23 bits per heavy atom. The van der Waals surface area contributed by atoms with Crippen LogP contribution in [0.1, 0.15) is 28.8 Å². The van der Waals surface area contributed by atoms with Crippen molar-refractivity contribution in [2.24, 2.45) is 10.9 Å². The van der Waals surface area contributed by atoms with Crippen LogP contribution in [0.2, 0.25) is 10.0 Å². The number of rotatable bonds is 2. The number of benzene rings is 3. The summed E-state index contributed by atoms with van der Waals surface area (Å²) in [5.74, 6) is 1.27. The third kappa shape index (κ3) is 3.04. The highest BCUT2D eigenvalue weighted by Gasteiger charge is 2.46. The molecular weight excluding hydrogens is 431 g/mol. The van der Waals surface area contributed by atoms with E-state index >= 15 is 0 Å². The minimum Gasteiger partial charge on any atom is -0.484 e. The molecule has 3 heterocycles. The average molecular weight is 447 g/mol. The second-order valence-electron chi connectivity index (χ2n) is 7.61. The zero-order valence-corrected chi connectivity index (χ0v) is 17.7. The first-order chi connectivity index (χ1) is 15.2. The maximum absolute atomic E-state index is 6.58. The first kappa shape index (κ1) is 18.6. The molecule has 31 heavy (non-hydrogen) atoms. The zero-order chi connectivity index (χ0) is 20.9. The average Bonchev–Trinajstić information content (AvgIpc) is 3.27. The Balaban J connectivity index is 1.60. The van der Waals surface area contributed by atoms with Crippen molar-refractivity contribution in [3.8, 4) is 5.75 Å². The van der Waals surface area contributed by atoms with E-state index in [1.807, 2.05) is 77.5 Å². The van der Waals surface area contributed by atoms with E-state index in [9.17, 15) is 0 Å². The summed E-state index contributed by atoms with van der Waals surface area (Å²) in [6.07, 6.45) is 1.27. The van der Waals surface area contributed by atoms with Gasteiger partial charge in [-0.3, -0.25) is 0 Å². The SMILES string of the molecule is Clc1ccc(C2Oc3ccccc3C3=Nc4ncnn4C(c4ccc(Cl)cc4)C32)cc1. The number of hydrogen-bond acceptors (Lipinski definition) is 4. The van der Waals surface area contributed by atoms with Crippen LogP contribution in [0, 0.1) is 5.92 Å². The molecule has 0 N–H and O–H groups in total. The van der Waals surface area contributed by atoms with Crippen LogP contribution in [0.5, 0.6) is 5.75 Å². The van der Waals surface area contributed by atoms with Gasteiger partial charge in [-0.25, -0.2) is 9.67 Å². The van der Waals surface area contributed by atoms with Crippen LogP contribution in [0.4, 0.5) is 5.95 Å². The topological polar surface area (TPSA) is 52.3 Å². The van der Waals surface area contributed by atoms with Crippen LogP contribution in [-0.4, -0.2) is 20.5 Å². The molecule has 0 fully saturated rings. The maximum atomic E-state index is 6.58. The molecule has 7 heteroatoms. The van der Waals surface area contributed by atoms with Crippen molar-refractivity contribution in [3.05, 3.63) is 106 Å². The lowest BCUT2D eigenvalue weighted by molar-refractivity contribution is 0.131. The normalized spacial score (nSPS) is 21.4. The van der Waals surface area contributed by atoms with Crippen LogP contribution in [0.25, 0.3) is 0 Å². The van der Waals surface area contributed by atoms with E-state index in [-0.39, 0.29) is 18.1 Å². The first-order valence-electron chi connectivity index (χ1n) is 9.94. The van der Waals surface area contributed by atoms with Gasteiger partial charge in [0.2, 0.25) is 5.95 Å². The summed E-state index contributed by atoms with van der Waals surface area (Å²) >= 11 is 12.3. The molecule has 0 amide bonds. The van der Waals surface area contributed by atoms with Crippen molar-refractivity contribution in [3.63, 3.8) is 0 Å². The van der Waals surface area contributed by atoms with Crippen LogP contribution < -0.4 is 4.74 Å². The van der Waals surface area contributed by atoms with E-state index in [1.165, 1.54) is 0 Å². The third-order valence-corrected chi connectivity index (χ3v) is 6.35. The summed E-state index contributed by atoms with van der Waals surface area (Å²) in [5.41, 5.74) is 4.02. The van der Waals surface area contributed by atoms with Gasteiger partial charge in [-0.05, 0) is 47.5 Å². The van der Waals surface area contributed by atoms with Gasteiger partial charge in [0.15, 0.2) is 0 Å². The Morgan fingerprint density at radius 1 is 0.806 bits per heavy atom. The number of ether oxygens (including phenoxy) is 1. The minimum absolute atomic E-state index is 0.119. The largest absolute Gasteiger partial charge is 0.484 e. The highest BCUT2D eigenvalue weighted by molar-refractivity contribution is 6.30. The van der Waals surface area contributed by atoms with Crippen LogP contribution in [-0.2, 0) is 0 Å². The third-order valence-electron chi connectivity index (χ3n) is 5.85. The smallest absolute Gasteiger partial charge is 0.248 e. The lowest BCUT2D eigenvalue weighted by Crippen LogP contribution is -2.41. The number of para-hydroxylation sites is 1. The molecule has 6 rings (SSSR count). The van der Waals surface area contributed by atoms with E-state index in [4.69, 9.17) is 32.9 Å². The predicted molar refractivity (Wildman–Crippen MR) is 121 cm³/mol. The minimum atomic E-state index is -0.274. The molecule has 0 spiro atoms. The maximum Gasteiger partial charge on any atom is 0.248 e. The van der Waals surface area contributed by atoms with Gasteiger partial charge in [-0.2, -0.15) is 10.1 Å². The van der Waals surface area contributed by atoms with E-state index in [1.54, 1.807) is 6.33 Å². The fourth-order valence-corrected chi connectivity index (χ4v) is 4.73. The molecule has 0 saturated heterocycles.